The van der Waals surface area contributed by atoms with Crippen LogP contribution in [0.1, 0.15) is 27.9 Å². The summed E-state index contributed by atoms with van der Waals surface area (Å²) < 4.78 is 6.88. The minimum Gasteiger partial charge on any atom is -0.493 e. The Hall–Kier alpha value is -0.260. The van der Waals surface area contributed by atoms with Gasteiger partial charge in [0.2, 0.25) is 0 Å². The fourth-order valence-corrected chi connectivity index (χ4v) is 4.35. The molecule has 1 heterocycles. The van der Waals surface area contributed by atoms with Crippen molar-refractivity contribution in [3.8, 4) is 5.75 Å². The third kappa shape index (κ3) is 3.00. The molecule has 1 aliphatic heterocycles. The third-order valence-electron chi connectivity index (χ3n) is 3.46. The SMILES string of the molecule is Clc1ccc(I)c(C(Br)c2ccc3c(c2)CCCO3)c1. The lowest BCUT2D eigenvalue weighted by molar-refractivity contribution is 0.288. The first-order valence-corrected chi connectivity index (χ1v) is 8.87. The zero-order chi connectivity index (χ0) is 14.1. The summed E-state index contributed by atoms with van der Waals surface area (Å²) in [5, 5.41) is 0.770. The number of hydrogen-bond acceptors (Lipinski definition) is 1. The molecule has 0 saturated heterocycles. The van der Waals surface area contributed by atoms with Crippen LogP contribution in [-0.2, 0) is 6.42 Å². The van der Waals surface area contributed by atoms with Crippen molar-refractivity contribution in [2.75, 3.05) is 6.61 Å². The minimum absolute atomic E-state index is 0.153. The van der Waals surface area contributed by atoms with Crippen LogP contribution in [0.3, 0.4) is 0 Å². The Morgan fingerprint density at radius 2 is 2.05 bits per heavy atom. The average Bonchev–Trinajstić information content (AvgIpc) is 2.48. The predicted molar refractivity (Wildman–Crippen MR) is 95.2 cm³/mol. The number of benzene rings is 2. The largest absolute Gasteiger partial charge is 0.493 e. The number of ether oxygens (including phenoxy) is 1. The Bertz CT molecular complexity index is 644. The monoisotopic (exact) mass is 462 g/mol. The van der Waals surface area contributed by atoms with Crippen molar-refractivity contribution in [3.05, 3.63) is 61.7 Å². The third-order valence-corrected chi connectivity index (χ3v) is 5.70. The van der Waals surface area contributed by atoms with Crippen LogP contribution in [0.25, 0.3) is 0 Å². The average molecular weight is 464 g/mol. The minimum atomic E-state index is 0.153. The second-order valence-corrected chi connectivity index (χ2v) is 7.36. The second-order valence-electron chi connectivity index (χ2n) is 4.85. The maximum atomic E-state index is 6.12. The molecule has 0 amide bonds. The lowest BCUT2D eigenvalue weighted by atomic mass is 9.99. The van der Waals surface area contributed by atoms with Crippen molar-refractivity contribution >= 4 is 50.1 Å². The van der Waals surface area contributed by atoms with E-state index >= 15 is 0 Å². The molecule has 0 saturated carbocycles. The molecule has 1 unspecified atom stereocenters. The Labute approximate surface area is 145 Å². The Morgan fingerprint density at radius 3 is 2.90 bits per heavy atom. The van der Waals surface area contributed by atoms with Crippen molar-refractivity contribution in [1.29, 1.82) is 0 Å². The Morgan fingerprint density at radius 1 is 1.20 bits per heavy atom. The van der Waals surface area contributed by atoms with E-state index in [4.69, 9.17) is 16.3 Å². The van der Waals surface area contributed by atoms with E-state index in [1.807, 2.05) is 18.2 Å². The Balaban J connectivity index is 1.97. The lowest BCUT2D eigenvalue weighted by Crippen LogP contribution is -2.09. The smallest absolute Gasteiger partial charge is 0.122 e. The zero-order valence-electron chi connectivity index (χ0n) is 10.7. The summed E-state index contributed by atoms with van der Waals surface area (Å²) in [7, 11) is 0. The van der Waals surface area contributed by atoms with Gasteiger partial charge in [-0.25, -0.2) is 0 Å². The maximum Gasteiger partial charge on any atom is 0.122 e. The van der Waals surface area contributed by atoms with Gasteiger partial charge >= 0.3 is 0 Å². The highest BCUT2D eigenvalue weighted by atomic mass is 127. The van der Waals surface area contributed by atoms with E-state index in [1.165, 1.54) is 20.3 Å². The van der Waals surface area contributed by atoms with E-state index in [0.717, 1.165) is 30.2 Å². The number of hydrogen-bond donors (Lipinski definition) is 0. The van der Waals surface area contributed by atoms with E-state index in [-0.39, 0.29) is 4.83 Å². The van der Waals surface area contributed by atoms with E-state index in [0.29, 0.717) is 0 Å². The fraction of sp³-hybridized carbons (Fsp3) is 0.250. The van der Waals surface area contributed by atoms with Crippen LogP contribution in [-0.4, -0.2) is 6.61 Å². The van der Waals surface area contributed by atoms with Gasteiger partial charge in [0.25, 0.3) is 0 Å². The highest BCUT2D eigenvalue weighted by molar-refractivity contribution is 14.1. The molecule has 0 aliphatic carbocycles. The first kappa shape index (κ1) is 14.7. The van der Waals surface area contributed by atoms with Crippen molar-refractivity contribution in [1.82, 2.24) is 0 Å². The van der Waals surface area contributed by atoms with Crippen molar-refractivity contribution in [3.63, 3.8) is 0 Å². The maximum absolute atomic E-state index is 6.12. The summed E-state index contributed by atoms with van der Waals surface area (Å²) in [5.74, 6) is 1.03. The fourth-order valence-electron chi connectivity index (χ4n) is 2.43. The molecule has 2 aromatic rings. The van der Waals surface area contributed by atoms with Gasteiger partial charge in [0.05, 0.1) is 11.4 Å². The molecule has 20 heavy (non-hydrogen) atoms. The molecule has 1 nitrogen and oxygen atoms in total. The summed E-state index contributed by atoms with van der Waals surface area (Å²) >= 11 is 12.3. The van der Waals surface area contributed by atoms with Gasteiger partial charge in [0.1, 0.15) is 5.75 Å². The quantitative estimate of drug-likeness (QED) is 0.407. The molecule has 0 bridgehead atoms. The summed E-state index contributed by atoms with van der Waals surface area (Å²) in [6.07, 6.45) is 2.19. The standard InChI is InChI=1S/C16H13BrClIO/c17-16(13-9-12(18)4-5-14(13)19)11-3-6-15-10(8-11)2-1-7-20-15/h3-6,8-9,16H,1-2,7H2. The molecule has 0 radical (unpaired) electrons. The van der Waals surface area contributed by atoms with Gasteiger partial charge in [-0.2, -0.15) is 0 Å². The van der Waals surface area contributed by atoms with Crippen molar-refractivity contribution in [2.45, 2.75) is 17.7 Å². The van der Waals surface area contributed by atoms with E-state index in [2.05, 4.69) is 56.7 Å². The molecule has 4 heteroatoms. The van der Waals surface area contributed by atoms with Gasteiger partial charge in [0.15, 0.2) is 0 Å². The van der Waals surface area contributed by atoms with E-state index in [9.17, 15) is 0 Å². The highest BCUT2D eigenvalue weighted by Gasteiger charge is 2.17. The van der Waals surface area contributed by atoms with Crippen LogP contribution in [0.4, 0.5) is 0 Å². The first-order valence-electron chi connectivity index (χ1n) is 6.50. The molecule has 1 atom stereocenters. The molecule has 0 N–H and O–H groups in total. The molecule has 1 aliphatic rings. The van der Waals surface area contributed by atoms with Crippen LogP contribution in [0.5, 0.6) is 5.75 Å². The van der Waals surface area contributed by atoms with Crippen LogP contribution in [0.15, 0.2) is 36.4 Å². The van der Waals surface area contributed by atoms with Crippen molar-refractivity contribution in [2.24, 2.45) is 0 Å². The zero-order valence-corrected chi connectivity index (χ0v) is 15.2. The number of rotatable bonds is 2. The Kier molecular flexibility index (Phi) is 4.58. The molecule has 0 fully saturated rings. The normalized spacial score (nSPS) is 15.3. The van der Waals surface area contributed by atoms with E-state index < -0.39 is 0 Å². The summed E-state index contributed by atoms with van der Waals surface area (Å²) in [6.45, 7) is 0.830. The molecule has 0 aromatic heterocycles. The summed E-state index contributed by atoms with van der Waals surface area (Å²) in [4.78, 5) is 0.153. The summed E-state index contributed by atoms with van der Waals surface area (Å²) in [6, 6.07) is 12.4. The van der Waals surface area contributed by atoms with E-state index in [1.54, 1.807) is 0 Å². The van der Waals surface area contributed by atoms with Gasteiger partial charge < -0.3 is 4.74 Å². The van der Waals surface area contributed by atoms with Gasteiger partial charge in [0, 0.05) is 8.59 Å². The lowest BCUT2D eigenvalue weighted by Gasteiger charge is -2.20. The molecule has 2 aromatic carbocycles. The number of fused-ring (bicyclic) bond motifs is 1. The van der Waals surface area contributed by atoms with Crippen LogP contribution in [0.2, 0.25) is 5.02 Å². The second kappa shape index (κ2) is 6.24. The molecule has 0 spiro atoms. The summed E-state index contributed by atoms with van der Waals surface area (Å²) in [5.41, 5.74) is 3.75. The predicted octanol–water partition coefficient (Wildman–Crippen LogP) is 5.75. The molecule has 104 valence electrons. The van der Waals surface area contributed by atoms with Crippen LogP contribution in [0, 0.1) is 3.57 Å². The van der Waals surface area contributed by atoms with Gasteiger partial charge in [-0.1, -0.05) is 39.7 Å². The number of halogens is 3. The van der Waals surface area contributed by atoms with Gasteiger partial charge in [-0.15, -0.1) is 0 Å². The first-order chi connectivity index (χ1) is 9.65. The topological polar surface area (TPSA) is 9.23 Å². The molecule has 3 rings (SSSR count). The van der Waals surface area contributed by atoms with Crippen LogP contribution >= 0.6 is 50.1 Å². The molecular formula is C16H13BrClIO. The number of aryl methyl sites for hydroxylation is 1. The van der Waals surface area contributed by atoms with Gasteiger partial charge in [-0.05, 0) is 76.4 Å². The van der Waals surface area contributed by atoms with Gasteiger partial charge in [-0.3, -0.25) is 0 Å². The molecular weight excluding hydrogens is 450 g/mol. The highest BCUT2D eigenvalue weighted by Crippen LogP contribution is 2.37. The van der Waals surface area contributed by atoms with Crippen LogP contribution < -0.4 is 4.74 Å². The van der Waals surface area contributed by atoms with Crippen molar-refractivity contribution < 1.29 is 4.74 Å². The number of alkyl halides is 1.